The summed E-state index contributed by atoms with van der Waals surface area (Å²) >= 11 is 0. The highest BCUT2D eigenvalue weighted by Crippen LogP contribution is 2.72. The van der Waals surface area contributed by atoms with E-state index in [1.807, 2.05) is 19.9 Å². The van der Waals surface area contributed by atoms with Crippen LogP contribution < -0.4 is 0 Å². The Hall–Kier alpha value is -1.09. The fourth-order valence-electron chi connectivity index (χ4n) is 8.06. The van der Waals surface area contributed by atoms with E-state index in [1.54, 1.807) is 0 Å². The number of carbonyl (C=O) groups excluding carboxylic acids is 1. The van der Waals surface area contributed by atoms with Crippen LogP contribution in [0.5, 0.6) is 0 Å². The first-order valence-electron chi connectivity index (χ1n) is 11.3. The number of aliphatic hydroxyl groups excluding tert-OH is 1. The molecule has 4 rings (SSSR count). The number of rotatable bonds is 2. The first-order chi connectivity index (χ1) is 13.1. The molecule has 7 atom stereocenters. The fourth-order valence-corrected chi connectivity index (χ4v) is 8.06. The normalized spacial score (nSPS) is 47.3. The van der Waals surface area contributed by atoms with E-state index in [1.165, 1.54) is 12.8 Å². The lowest BCUT2D eigenvalue weighted by molar-refractivity contribution is -0.201. The third-order valence-electron chi connectivity index (χ3n) is 9.69. The summed E-state index contributed by atoms with van der Waals surface area (Å²) in [5.41, 5.74) is 2.06. The average Bonchev–Trinajstić information content (AvgIpc) is 2.84. The van der Waals surface area contributed by atoms with E-state index in [4.69, 9.17) is 4.74 Å². The Morgan fingerprint density at radius 3 is 2.54 bits per heavy atom. The van der Waals surface area contributed by atoms with E-state index in [-0.39, 0.29) is 34.4 Å². The first kappa shape index (κ1) is 20.2. The summed E-state index contributed by atoms with van der Waals surface area (Å²) in [7, 11) is 0. The Kier molecular flexibility index (Phi) is 4.65. The van der Waals surface area contributed by atoms with Gasteiger partial charge in [0.25, 0.3) is 0 Å². The molecule has 0 aromatic heterocycles. The summed E-state index contributed by atoms with van der Waals surface area (Å²) in [6.07, 6.45) is 9.19. The van der Waals surface area contributed by atoms with Crippen molar-refractivity contribution in [1.82, 2.24) is 0 Å². The van der Waals surface area contributed by atoms with Crippen molar-refractivity contribution in [2.24, 2.45) is 34.0 Å². The largest absolute Gasteiger partial charge is 0.454 e. The van der Waals surface area contributed by atoms with Gasteiger partial charge < -0.3 is 9.84 Å². The van der Waals surface area contributed by atoms with Gasteiger partial charge in [0.2, 0.25) is 0 Å². The molecule has 0 saturated heterocycles. The number of hydrogen-bond acceptors (Lipinski definition) is 3. The number of allylic oxidation sites excluding steroid dienone is 1. The van der Waals surface area contributed by atoms with Crippen molar-refractivity contribution < 1.29 is 14.6 Å². The van der Waals surface area contributed by atoms with Crippen molar-refractivity contribution in [3.63, 3.8) is 0 Å². The highest BCUT2D eigenvalue weighted by molar-refractivity contribution is 5.88. The number of esters is 1. The minimum absolute atomic E-state index is 0.0468. The average molecular weight is 387 g/mol. The van der Waals surface area contributed by atoms with E-state index < -0.39 is 0 Å². The van der Waals surface area contributed by atoms with E-state index in [2.05, 4.69) is 27.4 Å². The third kappa shape index (κ3) is 2.54. The number of carbonyl (C=O) groups is 1. The van der Waals surface area contributed by atoms with Gasteiger partial charge in [-0.3, -0.25) is 0 Å². The van der Waals surface area contributed by atoms with E-state index in [9.17, 15) is 9.90 Å². The molecule has 3 nitrogen and oxygen atoms in total. The number of ether oxygens (including phenoxy) is 1. The van der Waals surface area contributed by atoms with Crippen LogP contribution in [0, 0.1) is 34.0 Å². The number of hydrogen-bond donors (Lipinski definition) is 1. The molecule has 4 aliphatic rings. The van der Waals surface area contributed by atoms with Gasteiger partial charge in [-0.1, -0.05) is 33.4 Å². The third-order valence-corrected chi connectivity index (χ3v) is 9.69. The summed E-state index contributed by atoms with van der Waals surface area (Å²) in [6, 6.07) is 0. The molecule has 156 valence electrons. The van der Waals surface area contributed by atoms with E-state index >= 15 is 0 Å². The van der Waals surface area contributed by atoms with Crippen molar-refractivity contribution in [3.05, 3.63) is 23.8 Å². The maximum Gasteiger partial charge on any atom is 0.333 e. The van der Waals surface area contributed by atoms with Crippen molar-refractivity contribution in [1.29, 1.82) is 0 Å². The molecule has 0 radical (unpaired) electrons. The predicted molar refractivity (Wildman–Crippen MR) is 112 cm³/mol. The molecular formula is C25H38O3. The molecule has 0 amide bonds. The molecule has 7 unspecified atom stereocenters. The lowest BCUT2D eigenvalue weighted by Gasteiger charge is -2.65. The summed E-state index contributed by atoms with van der Waals surface area (Å²) in [6.45, 7) is 15.2. The molecule has 28 heavy (non-hydrogen) atoms. The van der Waals surface area contributed by atoms with Crippen molar-refractivity contribution in [2.45, 2.75) is 91.8 Å². The highest BCUT2D eigenvalue weighted by Gasteiger charge is 2.68. The van der Waals surface area contributed by atoms with Gasteiger partial charge in [0, 0.05) is 11.0 Å². The van der Waals surface area contributed by atoms with Crippen LogP contribution in [0.3, 0.4) is 0 Å². The zero-order valence-electron chi connectivity index (χ0n) is 18.4. The zero-order valence-corrected chi connectivity index (χ0v) is 18.4. The quantitative estimate of drug-likeness (QED) is 0.391. The molecular weight excluding hydrogens is 348 g/mol. The van der Waals surface area contributed by atoms with Crippen LogP contribution in [0.2, 0.25) is 0 Å². The van der Waals surface area contributed by atoms with Gasteiger partial charge in [-0.05, 0) is 93.0 Å². The number of aliphatic hydroxyl groups is 1. The predicted octanol–water partition coefficient (Wildman–Crippen LogP) is 5.43. The SMILES string of the molecule is C=C1C2CCC3C4(C)CCC(O)C(C)(C)C4CCC3(C2)C1OC(=O)C(C)=CC. The van der Waals surface area contributed by atoms with Crippen LogP contribution in [0.4, 0.5) is 0 Å². The van der Waals surface area contributed by atoms with Crippen LogP contribution in [0.15, 0.2) is 23.8 Å². The van der Waals surface area contributed by atoms with Gasteiger partial charge in [0.15, 0.2) is 0 Å². The number of fused-ring (bicyclic) bond motifs is 3. The van der Waals surface area contributed by atoms with Gasteiger partial charge in [0.1, 0.15) is 6.10 Å². The molecule has 3 heteroatoms. The Labute approximate surface area is 170 Å². The van der Waals surface area contributed by atoms with Crippen LogP contribution >= 0.6 is 0 Å². The molecule has 2 bridgehead atoms. The standard InChI is InChI=1S/C25H38O3/c1-7-15(2)22(27)28-21-16(3)17-8-9-19-24(6)12-11-20(26)23(4,5)18(24)10-13-25(19,21)14-17/h7,17-21,26H,3,8-14H2,1-2,4-6H3. The lowest BCUT2D eigenvalue weighted by Crippen LogP contribution is -2.61. The summed E-state index contributed by atoms with van der Waals surface area (Å²) in [5, 5.41) is 10.7. The van der Waals surface area contributed by atoms with Gasteiger partial charge in [-0.2, -0.15) is 0 Å². The molecule has 4 aliphatic carbocycles. The van der Waals surface area contributed by atoms with Crippen LogP contribution in [-0.4, -0.2) is 23.3 Å². The second-order valence-electron chi connectivity index (χ2n) is 11.1. The summed E-state index contributed by atoms with van der Waals surface area (Å²) in [5.74, 6) is 1.39. The molecule has 1 spiro atoms. The summed E-state index contributed by atoms with van der Waals surface area (Å²) in [4.78, 5) is 12.7. The maximum absolute atomic E-state index is 12.7. The fraction of sp³-hybridized carbons (Fsp3) is 0.800. The Bertz CT molecular complexity index is 719. The van der Waals surface area contributed by atoms with Gasteiger partial charge >= 0.3 is 5.97 Å². The molecule has 0 aromatic carbocycles. The van der Waals surface area contributed by atoms with Crippen molar-refractivity contribution >= 4 is 5.97 Å². The Morgan fingerprint density at radius 2 is 1.86 bits per heavy atom. The van der Waals surface area contributed by atoms with Crippen molar-refractivity contribution in [2.75, 3.05) is 0 Å². The lowest BCUT2D eigenvalue weighted by atomic mass is 9.40. The van der Waals surface area contributed by atoms with Crippen LogP contribution in [0.1, 0.15) is 79.6 Å². The van der Waals surface area contributed by atoms with Gasteiger partial charge in [-0.25, -0.2) is 4.79 Å². The molecule has 0 aromatic rings. The second-order valence-corrected chi connectivity index (χ2v) is 11.1. The topological polar surface area (TPSA) is 46.5 Å². The van der Waals surface area contributed by atoms with Gasteiger partial charge in [-0.15, -0.1) is 0 Å². The van der Waals surface area contributed by atoms with Crippen LogP contribution in [-0.2, 0) is 9.53 Å². The Balaban J connectivity index is 1.72. The zero-order chi connectivity index (χ0) is 20.5. The highest BCUT2D eigenvalue weighted by atomic mass is 16.5. The van der Waals surface area contributed by atoms with E-state index in [0.29, 0.717) is 23.3 Å². The molecule has 1 N–H and O–H groups in total. The molecule has 0 aliphatic heterocycles. The van der Waals surface area contributed by atoms with Crippen molar-refractivity contribution in [3.8, 4) is 0 Å². The minimum Gasteiger partial charge on any atom is -0.454 e. The first-order valence-corrected chi connectivity index (χ1v) is 11.3. The molecule has 0 heterocycles. The molecule has 4 saturated carbocycles. The van der Waals surface area contributed by atoms with Crippen LogP contribution in [0.25, 0.3) is 0 Å². The second kappa shape index (κ2) is 6.45. The monoisotopic (exact) mass is 386 g/mol. The minimum atomic E-state index is -0.208. The summed E-state index contributed by atoms with van der Waals surface area (Å²) < 4.78 is 6.19. The Morgan fingerprint density at radius 1 is 1.14 bits per heavy atom. The maximum atomic E-state index is 12.7. The molecule has 4 fully saturated rings. The van der Waals surface area contributed by atoms with Gasteiger partial charge in [0.05, 0.1) is 6.10 Å². The smallest absolute Gasteiger partial charge is 0.333 e. The van der Waals surface area contributed by atoms with E-state index in [0.717, 1.165) is 37.7 Å².